The molecule has 64 heavy (non-hydrogen) atoms. The molecule has 10 heteroatoms. The molecule has 2 heterocycles. The number of rotatable bonds is 6. The van der Waals surface area contributed by atoms with Crippen LogP contribution in [0, 0.1) is 0 Å². The molecule has 312 valence electrons. The molecule has 0 radical (unpaired) electrons. The third-order valence-electron chi connectivity index (χ3n) is 12.5. The molecule has 0 aliphatic heterocycles. The van der Waals surface area contributed by atoms with Gasteiger partial charge in [0.1, 0.15) is 11.2 Å². The first-order chi connectivity index (χ1) is 31.0. The Kier molecular flexibility index (Phi) is 8.25. The molecule has 0 saturated carbocycles. The molecular weight excluding hydrogens is 823 g/mol. The number of para-hydroxylation sites is 5. The van der Waals surface area contributed by atoms with Crippen LogP contribution in [-0.4, -0.2) is 0 Å². The van der Waals surface area contributed by atoms with E-state index in [1.807, 2.05) is 89.8 Å². The molecule has 4 nitrogen and oxygen atoms in total. The first kappa shape index (κ1) is 38.0. The average molecular weight is 855 g/mol. The van der Waals surface area contributed by atoms with Gasteiger partial charge in [-0.2, -0.15) is 26.3 Å². The topological polar surface area (TPSA) is 32.8 Å². The number of halogens is 6. The molecule has 0 atom stereocenters. The van der Waals surface area contributed by atoms with E-state index < -0.39 is 23.5 Å². The molecule has 1 aliphatic rings. The first-order valence-corrected chi connectivity index (χ1v) is 20.8. The second-order valence-electron chi connectivity index (χ2n) is 16.1. The quantitative estimate of drug-likeness (QED) is 0.123. The van der Waals surface area contributed by atoms with E-state index in [1.54, 1.807) is 18.2 Å². The normalized spacial score (nSPS) is 13.4. The molecule has 11 aromatic rings. The molecule has 12 rings (SSSR count). The summed E-state index contributed by atoms with van der Waals surface area (Å²) in [5.41, 5.74) is 3.17. The highest BCUT2D eigenvalue weighted by atomic mass is 19.4. The van der Waals surface area contributed by atoms with Gasteiger partial charge in [0, 0.05) is 43.5 Å². The Balaban J connectivity index is 1.12. The third kappa shape index (κ3) is 5.71. The standard InChI is InChI=1S/C54H32F6N2O2/c55-53(56,57)41-19-7-15-35-37-17-9-21-45(51(37)63-49(35)41)61(33-11-3-1-4-12-33)43-29-25-31-24-28-40-44(30-26-32-23-27-39(43)47(31)48(32)40)62(34-13-5-2-6-14-34)46-22-10-18-38-36-16-8-20-42(54(58,59)60)50(36)64-52(38)46/h1-9,11-21,23-30H,10,22H2. The minimum atomic E-state index is -4.62. The Morgan fingerprint density at radius 2 is 0.906 bits per heavy atom. The van der Waals surface area contributed by atoms with Gasteiger partial charge in [-0.3, -0.25) is 0 Å². The van der Waals surface area contributed by atoms with Crippen LogP contribution in [0.1, 0.15) is 24.0 Å². The predicted molar refractivity (Wildman–Crippen MR) is 243 cm³/mol. The van der Waals surface area contributed by atoms with Gasteiger partial charge in [-0.05, 0) is 89.0 Å². The van der Waals surface area contributed by atoms with Gasteiger partial charge in [0.2, 0.25) is 0 Å². The van der Waals surface area contributed by atoms with E-state index >= 15 is 0 Å². The number of hydrogen-bond donors (Lipinski definition) is 0. The zero-order valence-electron chi connectivity index (χ0n) is 33.6. The van der Waals surface area contributed by atoms with Crippen molar-refractivity contribution in [2.75, 3.05) is 9.80 Å². The molecule has 0 N–H and O–H groups in total. The number of nitrogens with zero attached hydrogens (tertiary/aromatic N) is 2. The lowest BCUT2D eigenvalue weighted by molar-refractivity contribution is -0.137. The summed E-state index contributed by atoms with van der Waals surface area (Å²) < 4.78 is 98.6. The number of hydrogen-bond acceptors (Lipinski definition) is 4. The molecular formula is C54H32F6N2O2. The lowest BCUT2D eigenvalue weighted by atomic mass is 9.91. The second kappa shape index (κ2) is 13.9. The van der Waals surface area contributed by atoms with E-state index in [9.17, 15) is 26.3 Å². The fraction of sp³-hybridized carbons (Fsp3) is 0.0741. The van der Waals surface area contributed by atoms with Crippen molar-refractivity contribution in [2.45, 2.75) is 25.2 Å². The van der Waals surface area contributed by atoms with Gasteiger partial charge >= 0.3 is 12.4 Å². The van der Waals surface area contributed by atoms with E-state index in [1.165, 1.54) is 12.1 Å². The highest BCUT2D eigenvalue weighted by Gasteiger charge is 2.36. The summed E-state index contributed by atoms with van der Waals surface area (Å²) in [7, 11) is 0. The van der Waals surface area contributed by atoms with Crippen molar-refractivity contribution < 1.29 is 35.2 Å². The number of alkyl halides is 6. The summed E-state index contributed by atoms with van der Waals surface area (Å²) in [6.45, 7) is 0. The van der Waals surface area contributed by atoms with Gasteiger partial charge in [-0.15, -0.1) is 0 Å². The number of benzene rings is 9. The highest BCUT2D eigenvalue weighted by molar-refractivity contribution is 6.28. The zero-order chi connectivity index (χ0) is 43.5. The Labute approximate surface area is 360 Å². The molecule has 0 amide bonds. The highest BCUT2D eigenvalue weighted by Crippen LogP contribution is 2.50. The van der Waals surface area contributed by atoms with Crippen LogP contribution in [0.4, 0.5) is 54.8 Å². The molecule has 0 fully saturated rings. The largest absolute Gasteiger partial charge is 0.454 e. The molecule has 0 unspecified atom stereocenters. The van der Waals surface area contributed by atoms with Crippen LogP contribution in [0.25, 0.3) is 77.0 Å². The van der Waals surface area contributed by atoms with Crippen molar-refractivity contribution >= 4 is 105 Å². The van der Waals surface area contributed by atoms with Gasteiger partial charge in [0.05, 0.1) is 33.9 Å². The molecule has 0 saturated heterocycles. The summed E-state index contributed by atoms with van der Waals surface area (Å²) in [6.07, 6.45) is -6.16. The van der Waals surface area contributed by atoms with Crippen molar-refractivity contribution in [3.05, 3.63) is 186 Å². The molecule has 2 aromatic heterocycles. The monoisotopic (exact) mass is 854 g/mol. The fourth-order valence-corrected chi connectivity index (χ4v) is 9.83. The number of anilines is 5. The summed E-state index contributed by atoms with van der Waals surface area (Å²) in [6, 6.07) is 49.7. The van der Waals surface area contributed by atoms with Crippen LogP contribution in [0.3, 0.4) is 0 Å². The Bertz CT molecular complexity index is 3780. The predicted octanol–water partition coefficient (Wildman–Crippen LogP) is 15.3. The van der Waals surface area contributed by atoms with E-state index in [0.29, 0.717) is 50.9 Å². The molecule has 1 aliphatic carbocycles. The van der Waals surface area contributed by atoms with Crippen LogP contribution < -0.4 is 20.4 Å². The van der Waals surface area contributed by atoms with E-state index in [2.05, 4.69) is 47.4 Å². The van der Waals surface area contributed by atoms with E-state index in [-0.39, 0.29) is 11.2 Å². The van der Waals surface area contributed by atoms with Gasteiger partial charge in [0.15, 0.2) is 11.0 Å². The van der Waals surface area contributed by atoms with Crippen molar-refractivity contribution in [2.24, 2.45) is 0 Å². The molecule has 0 bridgehead atoms. The van der Waals surface area contributed by atoms with Crippen LogP contribution in [-0.2, 0) is 12.4 Å². The summed E-state index contributed by atoms with van der Waals surface area (Å²) in [4.78, 5) is 4.15. The maximum absolute atomic E-state index is 14.3. The number of fused-ring (bicyclic) bond motifs is 6. The summed E-state index contributed by atoms with van der Waals surface area (Å²) in [5, 5.41) is 7.70. The summed E-state index contributed by atoms with van der Waals surface area (Å²) in [5.74, 6) is 0. The van der Waals surface area contributed by atoms with Crippen molar-refractivity contribution in [3.8, 4) is 0 Å². The van der Waals surface area contributed by atoms with Crippen LogP contribution in [0.5, 0.6) is 0 Å². The average Bonchev–Trinajstić information content (AvgIpc) is 3.89. The Hall–Kier alpha value is -7.72. The van der Waals surface area contributed by atoms with Gasteiger partial charge in [0.25, 0.3) is 0 Å². The maximum Gasteiger partial charge on any atom is 0.420 e. The fourth-order valence-electron chi connectivity index (χ4n) is 9.83. The molecule has 0 spiro atoms. The minimum absolute atomic E-state index is 0.186. The Morgan fingerprint density at radius 3 is 1.50 bits per heavy atom. The van der Waals surface area contributed by atoms with Gasteiger partial charge in [-0.1, -0.05) is 115 Å². The lowest BCUT2D eigenvalue weighted by Gasteiger charge is -2.30. The van der Waals surface area contributed by atoms with Crippen molar-refractivity contribution in [3.63, 3.8) is 0 Å². The van der Waals surface area contributed by atoms with Gasteiger partial charge in [-0.25, -0.2) is 0 Å². The van der Waals surface area contributed by atoms with Gasteiger partial charge < -0.3 is 18.6 Å². The summed E-state index contributed by atoms with van der Waals surface area (Å²) >= 11 is 0. The van der Waals surface area contributed by atoms with E-state index in [0.717, 1.165) is 72.9 Å². The lowest BCUT2D eigenvalue weighted by Crippen LogP contribution is -2.33. The second-order valence-corrected chi connectivity index (χ2v) is 16.1. The zero-order valence-corrected chi connectivity index (χ0v) is 33.6. The Morgan fingerprint density at radius 1 is 0.406 bits per heavy atom. The van der Waals surface area contributed by atoms with Crippen LogP contribution in [0.15, 0.2) is 173 Å². The number of furan rings is 2. The third-order valence-corrected chi connectivity index (χ3v) is 12.5. The van der Waals surface area contributed by atoms with E-state index in [4.69, 9.17) is 8.83 Å². The SMILES string of the molecule is FC(F)(F)c1cccc2c3c(oc12)=C(N(c1ccccc1)c1ccc2ccc4c(N(c5ccccc5)c5cccc6c5oc5c(C(F)(F)F)cccc56)ccc5ccc1c2c54)CCC=3. The maximum atomic E-state index is 14.3. The smallest absolute Gasteiger partial charge is 0.420 e. The van der Waals surface area contributed by atoms with Crippen LogP contribution in [0.2, 0.25) is 0 Å². The van der Waals surface area contributed by atoms with Crippen molar-refractivity contribution in [1.82, 2.24) is 0 Å². The van der Waals surface area contributed by atoms with Crippen molar-refractivity contribution in [1.29, 1.82) is 0 Å². The first-order valence-electron chi connectivity index (χ1n) is 20.8. The van der Waals surface area contributed by atoms with Crippen LogP contribution >= 0.6 is 0 Å². The molecule has 9 aromatic carbocycles. The minimum Gasteiger partial charge on any atom is -0.454 e.